The highest BCUT2D eigenvalue weighted by molar-refractivity contribution is 7.92. The largest absolute Gasteiger partial charge is 0.267 e. The first-order chi connectivity index (χ1) is 10.5. The molecule has 0 saturated heterocycles. The summed E-state index contributed by atoms with van der Waals surface area (Å²) in [7, 11) is -3.44. The van der Waals surface area contributed by atoms with Crippen molar-refractivity contribution in [1.82, 2.24) is 0 Å². The van der Waals surface area contributed by atoms with Gasteiger partial charge in [0.25, 0.3) is 0 Å². The molecule has 0 aromatic heterocycles. The van der Waals surface area contributed by atoms with Gasteiger partial charge < -0.3 is 0 Å². The van der Waals surface area contributed by atoms with Gasteiger partial charge in [-0.15, -0.1) is 0 Å². The number of fused-ring (bicyclic) bond motifs is 1. The lowest BCUT2D eigenvalue weighted by atomic mass is 10.1. The van der Waals surface area contributed by atoms with Gasteiger partial charge >= 0.3 is 0 Å². The van der Waals surface area contributed by atoms with Gasteiger partial charge in [0.2, 0.25) is 10.0 Å². The lowest BCUT2D eigenvalue weighted by molar-refractivity contribution is 0.583. The molecule has 1 heterocycles. The molecule has 0 aliphatic carbocycles. The van der Waals surface area contributed by atoms with Gasteiger partial charge in [-0.05, 0) is 42.7 Å². The molecule has 22 heavy (non-hydrogen) atoms. The van der Waals surface area contributed by atoms with Gasteiger partial charge in [0.15, 0.2) is 0 Å². The SMILES string of the molecule is CC1Cc2ccccc2N1S(=O)(=O)Cc1ccc(C#N)cc1. The van der Waals surface area contributed by atoms with Crippen LogP contribution in [0.3, 0.4) is 0 Å². The van der Waals surface area contributed by atoms with E-state index in [4.69, 9.17) is 5.26 Å². The van der Waals surface area contributed by atoms with Crippen LogP contribution in [-0.2, 0) is 22.2 Å². The Morgan fingerprint density at radius 3 is 2.55 bits per heavy atom. The quantitative estimate of drug-likeness (QED) is 0.875. The average Bonchev–Trinajstić information content (AvgIpc) is 2.84. The molecule has 2 aromatic carbocycles. The highest BCUT2D eigenvalue weighted by Crippen LogP contribution is 2.35. The highest BCUT2D eigenvalue weighted by Gasteiger charge is 2.34. The summed E-state index contributed by atoms with van der Waals surface area (Å²) >= 11 is 0. The van der Waals surface area contributed by atoms with Crippen LogP contribution in [0.1, 0.15) is 23.6 Å². The summed E-state index contributed by atoms with van der Waals surface area (Å²) in [6.45, 7) is 1.93. The minimum atomic E-state index is -3.44. The molecule has 0 saturated carbocycles. The van der Waals surface area contributed by atoms with Crippen LogP contribution in [0, 0.1) is 11.3 Å². The molecule has 112 valence electrons. The molecule has 2 aromatic rings. The van der Waals surface area contributed by atoms with Crippen molar-refractivity contribution in [3.63, 3.8) is 0 Å². The van der Waals surface area contributed by atoms with E-state index in [0.717, 1.165) is 17.7 Å². The minimum absolute atomic E-state index is 0.0582. The Hall–Kier alpha value is -2.32. The third-order valence-corrected chi connectivity index (χ3v) is 5.73. The molecule has 1 unspecified atom stereocenters. The second-order valence-electron chi connectivity index (χ2n) is 5.54. The molecular formula is C17H16N2O2S. The molecule has 4 nitrogen and oxygen atoms in total. The Kier molecular flexibility index (Phi) is 3.63. The molecule has 0 amide bonds. The van der Waals surface area contributed by atoms with Gasteiger partial charge in [-0.3, -0.25) is 4.31 Å². The first kappa shape index (κ1) is 14.6. The predicted molar refractivity (Wildman–Crippen MR) is 85.9 cm³/mol. The van der Waals surface area contributed by atoms with E-state index in [1.54, 1.807) is 24.3 Å². The maximum Gasteiger partial charge on any atom is 0.239 e. The van der Waals surface area contributed by atoms with Crippen LogP contribution in [0.5, 0.6) is 0 Å². The van der Waals surface area contributed by atoms with Crippen LogP contribution in [-0.4, -0.2) is 14.5 Å². The molecule has 1 atom stereocenters. The molecule has 0 N–H and O–H groups in total. The molecule has 0 radical (unpaired) electrons. The molecule has 1 aliphatic heterocycles. The summed E-state index contributed by atoms with van der Waals surface area (Å²) < 4.78 is 27.1. The van der Waals surface area contributed by atoms with E-state index in [-0.39, 0.29) is 11.8 Å². The average molecular weight is 312 g/mol. The highest BCUT2D eigenvalue weighted by atomic mass is 32.2. The first-order valence-corrected chi connectivity index (χ1v) is 8.71. The van der Waals surface area contributed by atoms with Crippen LogP contribution in [0.2, 0.25) is 0 Å². The zero-order chi connectivity index (χ0) is 15.7. The van der Waals surface area contributed by atoms with Crippen molar-refractivity contribution < 1.29 is 8.42 Å². The van der Waals surface area contributed by atoms with Crippen molar-refractivity contribution in [3.05, 3.63) is 65.2 Å². The fourth-order valence-electron chi connectivity index (χ4n) is 2.92. The van der Waals surface area contributed by atoms with Crippen molar-refractivity contribution >= 4 is 15.7 Å². The standard InChI is InChI=1S/C17H16N2O2S/c1-13-10-16-4-2-3-5-17(16)19(13)22(20,21)12-15-8-6-14(11-18)7-9-15/h2-9,13H,10,12H2,1H3. The summed E-state index contributed by atoms with van der Waals surface area (Å²) in [4.78, 5) is 0. The molecule has 0 bridgehead atoms. The van der Waals surface area contributed by atoms with Gasteiger partial charge in [-0.2, -0.15) is 5.26 Å². The number of benzene rings is 2. The Balaban J connectivity index is 1.91. The van der Waals surface area contributed by atoms with Gasteiger partial charge in [0, 0.05) is 6.04 Å². The fraction of sp³-hybridized carbons (Fsp3) is 0.235. The third-order valence-electron chi connectivity index (χ3n) is 3.88. The maximum atomic E-state index is 12.8. The Labute approximate surface area is 130 Å². The molecule has 1 aliphatic rings. The zero-order valence-corrected chi connectivity index (χ0v) is 13.0. The molecular weight excluding hydrogens is 296 g/mol. The van der Waals surface area contributed by atoms with Crippen LogP contribution >= 0.6 is 0 Å². The van der Waals surface area contributed by atoms with E-state index in [1.165, 1.54) is 4.31 Å². The molecule has 0 fully saturated rings. The molecule has 3 rings (SSSR count). The summed E-state index contributed by atoms with van der Waals surface area (Å²) in [5.74, 6) is -0.0582. The van der Waals surface area contributed by atoms with Gasteiger partial charge in [-0.25, -0.2) is 8.42 Å². The number of sulfonamides is 1. The first-order valence-electron chi connectivity index (χ1n) is 7.10. The van der Waals surface area contributed by atoms with Gasteiger partial charge in [0.05, 0.1) is 23.1 Å². The van der Waals surface area contributed by atoms with Crippen molar-refractivity contribution in [1.29, 1.82) is 5.26 Å². The second-order valence-corrected chi connectivity index (χ2v) is 7.39. The fourth-order valence-corrected chi connectivity index (χ4v) is 4.77. The maximum absolute atomic E-state index is 12.8. The van der Waals surface area contributed by atoms with Gasteiger partial charge in [-0.1, -0.05) is 30.3 Å². The van der Waals surface area contributed by atoms with Gasteiger partial charge in [0.1, 0.15) is 0 Å². The number of nitriles is 1. The Bertz CT molecular complexity index is 836. The summed E-state index contributed by atoms with van der Waals surface area (Å²) in [6.07, 6.45) is 0.739. The van der Waals surface area contributed by atoms with Crippen LogP contribution < -0.4 is 4.31 Å². The number of hydrogen-bond donors (Lipinski definition) is 0. The van der Waals surface area contributed by atoms with Crippen LogP contribution in [0.15, 0.2) is 48.5 Å². The van der Waals surface area contributed by atoms with E-state index in [2.05, 4.69) is 0 Å². The predicted octanol–water partition coefficient (Wildman–Crippen LogP) is 2.84. The summed E-state index contributed by atoms with van der Waals surface area (Å²) in [5.41, 5.74) is 3.07. The lowest BCUT2D eigenvalue weighted by Crippen LogP contribution is -2.36. The smallest absolute Gasteiger partial charge is 0.239 e. The van der Waals surface area contributed by atoms with Crippen LogP contribution in [0.4, 0.5) is 5.69 Å². The van der Waals surface area contributed by atoms with Crippen LogP contribution in [0.25, 0.3) is 0 Å². The number of para-hydroxylation sites is 1. The Morgan fingerprint density at radius 1 is 1.18 bits per heavy atom. The summed E-state index contributed by atoms with van der Waals surface area (Å²) in [6, 6.07) is 16.3. The van der Waals surface area contributed by atoms with Crippen molar-refractivity contribution in [2.45, 2.75) is 25.1 Å². The van der Waals surface area contributed by atoms with E-state index in [1.807, 2.05) is 37.3 Å². The number of nitrogens with zero attached hydrogens (tertiary/aromatic N) is 2. The topological polar surface area (TPSA) is 61.2 Å². The van der Waals surface area contributed by atoms with Crippen molar-refractivity contribution in [2.75, 3.05) is 4.31 Å². The van der Waals surface area contributed by atoms with E-state index >= 15 is 0 Å². The molecule has 0 spiro atoms. The minimum Gasteiger partial charge on any atom is -0.267 e. The number of anilines is 1. The normalized spacial score (nSPS) is 17.1. The zero-order valence-electron chi connectivity index (χ0n) is 12.2. The second kappa shape index (κ2) is 5.47. The lowest BCUT2D eigenvalue weighted by Gasteiger charge is -2.24. The van der Waals surface area contributed by atoms with E-state index in [9.17, 15) is 8.42 Å². The van der Waals surface area contributed by atoms with Crippen molar-refractivity contribution in [3.8, 4) is 6.07 Å². The third kappa shape index (κ3) is 2.58. The van der Waals surface area contributed by atoms with Crippen molar-refractivity contribution in [2.24, 2.45) is 0 Å². The number of hydrogen-bond acceptors (Lipinski definition) is 3. The van der Waals surface area contributed by atoms with E-state index < -0.39 is 10.0 Å². The van der Waals surface area contributed by atoms with E-state index in [0.29, 0.717) is 11.1 Å². The summed E-state index contributed by atoms with van der Waals surface area (Å²) in [5, 5.41) is 8.80. The Morgan fingerprint density at radius 2 is 1.86 bits per heavy atom. The monoisotopic (exact) mass is 312 g/mol. The number of rotatable bonds is 3. The molecule has 5 heteroatoms.